The first kappa shape index (κ1) is 16.0. The first-order valence-corrected chi connectivity index (χ1v) is 7.99. The van der Waals surface area contributed by atoms with Crippen LogP contribution in [0.2, 0.25) is 0 Å². The Hall–Kier alpha value is -2.89. The van der Waals surface area contributed by atoms with Gasteiger partial charge in [0.2, 0.25) is 0 Å². The van der Waals surface area contributed by atoms with Crippen molar-refractivity contribution in [3.63, 3.8) is 0 Å². The Bertz CT molecular complexity index is 862. The lowest BCUT2D eigenvalue weighted by Gasteiger charge is -2.08. The number of nitrogens with zero attached hydrogens (tertiary/aromatic N) is 4. The van der Waals surface area contributed by atoms with Crippen LogP contribution in [0.15, 0.2) is 42.7 Å². The van der Waals surface area contributed by atoms with Gasteiger partial charge in [-0.1, -0.05) is 12.1 Å². The SMILES string of the molecule is CCn1cc(C(=O)Nc2cccc(Cn3nc(C)cc3C)c2)cn1. The summed E-state index contributed by atoms with van der Waals surface area (Å²) in [7, 11) is 0. The van der Waals surface area contributed by atoms with Gasteiger partial charge < -0.3 is 5.32 Å². The topological polar surface area (TPSA) is 64.7 Å². The van der Waals surface area contributed by atoms with E-state index in [4.69, 9.17) is 0 Å². The number of rotatable bonds is 5. The van der Waals surface area contributed by atoms with Crippen LogP contribution < -0.4 is 5.32 Å². The van der Waals surface area contributed by atoms with E-state index in [1.54, 1.807) is 17.1 Å². The molecular formula is C18H21N5O. The summed E-state index contributed by atoms with van der Waals surface area (Å²) < 4.78 is 3.69. The number of aryl methyl sites for hydroxylation is 3. The van der Waals surface area contributed by atoms with Crippen LogP contribution in [0.5, 0.6) is 0 Å². The number of hydrogen-bond acceptors (Lipinski definition) is 3. The molecule has 3 rings (SSSR count). The van der Waals surface area contributed by atoms with Crippen molar-refractivity contribution in [2.45, 2.75) is 33.9 Å². The summed E-state index contributed by atoms with van der Waals surface area (Å²) in [4.78, 5) is 12.3. The number of hydrogen-bond donors (Lipinski definition) is 1. The molecule has 1 amide bonds. The Morgan fingerprint density at radius 1 is 1.25 bits per heavy atom. The summed E-state index contributed by atoms with van der Waals surface area (Å²) in [6.45, 7) is 7.42. The summed E-state index contributed by atoms with van der Waals surface area (Å²) in [5, 5.41) is 11.5. The highest BCUT2D eigenvalue weighted by Crippen LogP contribution is 2.14. The number of nitrogens with one attached hydrogen (secondary N) is 1. The Balaban J connectivity index is 1.73. The molecule has 6 nitrogen and oxygen atoms in total. The van der Waals surface area contributed by atoms with Gasteiger partial charge in [0.15, 0.2) is 0 Å². The molecule has 0 radical (unpaired) electrons. The summed E-state index contributed by atoms with van der Waals surface area (Å²) >= 11 is 0. The van der Waals surface area contributed by atoms with Crippen LogP contribution in [0.1, 0.15) is 34.2 Å². The molecule has 0 unspecified atom stereocenters. The Labute approximate surface area is 141 Å². The van der Waals surface area contributed by atoms with Crippen molar-refractivity contribution in [2.24, 2.45) is 0 Å². The minimum absolute atomic E-state index is 0.155. The van der Waals surface area contributed by atoms with E-state index in [2.05, 4.69) is 21.6 Å². The van der Waals surface area contributed by atoms with Gasteiger partial charge in [0.25, 0.3) is 5.91 Å². The Morgan fingerprint density at radius 3 is 2.75 bits per heavy atom. The first-order valence-electron chi connectivity index (χ1n) is 7.99. The molecule has 0 aliphatic carbocycles. The molecule has 24 heavy (non-hydrogen) atoms. The molecule has 0 aliphatic rings. The summed E-state index contributed by atoms with van der Waals surface area (Å²) in [6, 6.07) is 9.87. The van der Waals surface area contributed by atoms with E-state index in [-0.39, 0.29) is 5.91 Å². The second-order valence-electron chi connectivity index (χ2n) is 5.82. The van der Waals surface area contributed by atoms with Gasteiger partial charge in [-0.25, -0.2) is 0 Å². The van der Waals surface area contributed by atoms with Gasteiger partial charge >= 0.3 is 0 Å². The highest BCUT2D eigenvalue weighted by Gasteiger charge is 2.09. The van der Waals surface area contributed by atoms with E-state index in [9.17, 15) is 4.79 Å². The van der Waals surface area contributed by atoms with Crippen LogP contribution in [0.3, 0.4) is 0 Å². The molecule has 0 saturated carbocycles. The second-order valence-corrected chi connectivity index (χ2v) is 5.82. The van der Waals surface area contributed by atoms with Crippen molar-refractivity contribution in [3.8, 4) is 0 Å². The van der Waals surface area contributed by atoms with Crippen molar-refractivity contribution < 1.29 is 4.79 Å². The minimum atomic E-state index is -0.155. The van der Waals surface area contributed by atoms with Crippen LogP contribution in [0.4, 0.5) is 5.69 Å². The van der Waals surface area contributed by atoms with Crippen LogP contribution in [0, 0.1) is 13.8 Å². The summed E-state index contributed by atoms with van der Waals surface area (Å²) in [5.41, 5.74) is 4.53. The molecule has 1 aromatic carbocycles. The van der Waals surface area contributed by atoms with E-state index < -0.39 is 0 Å². The fraction of sp³-hybridized carbons (Fsp3) is 0.278. The normalized spacial score (nSPS) is 10.8. The van der Waals surface area contributed by atoms with Gasteiger partial charge in [0.05, 0.1) is 24.0 Å². The number of amides is 1. The molecule has 6 heteroatoms. The molecule has 0 fully saturated rings. The number of aromatic nitrogens is 4. The Morgan fingerprint density at radius 2 is 2.08 bits per heavy atom. The van der Waals surface area contributed by atoms with Crippen molar-refractivity contribution in [3.05, 3.63) is 65.2 Å². The fourth-order valence-corrected chi connectivity index (χ4v) is 2.61. The van der Waals surface area contributed by atoms with Crippen LogP contribution >= 0.6 is 0 Å². The first-order chi connectivity index (χ1) is 11.5. The maximum atomic E-state index is 12.3. The smallest absolute Gasteiger partial charge is 0.258 e. The molecular weight excluding hydrogens is 302 g/mol. The average molecular weight is 323 g/mol. The zero-order valence-corrected chi connectivity index (χ0v) is 14.2. The van der Waals surface area contributed by atoms with Gasteiger partial charge in [0, 0.05) is 24.1 Å². The largest absolute Gasteiger partial charge is 0.322 e. The van der Waals surface area contributed by atoms with Gasteiger partial charge in [-0.2, -0.15) is 10.2 Å². The minimum Gasteiger partial charge on any atom is -0.322 e. The van der Waals surface area contributed by atoms with Gasteiger partial charge in [-0.15, -0.1) is 0 Å². The van der Waals surface area contributed by atoms with Crippen molar-refractivity contribution in [2.75, 3.05) is 5.32 Å². The van der Waals surface area contributed by atoms with Crippen molar-refractivity contribution >= 4 is 11.6 Å². The highest BCUT2D eigenvalue weighted by atomic mass is 16.1. The number of benzene rings is 1. The lowest BCUT2D eigenvalue weighted by atomic mass is 10.2. The van der Waals surface area contributed by atoms with Gasteiger partial charge in [-0.05, 0) is 44.5 Å². The fourth-order valence-electron chi connectivity index (χ4n) is 2.61. The quantitative estimate of drug-likeness (QED) is 0.785. The Kier molecular flexibility index (Phi) is 4.46. The van der Waals surface area contributed by atoms with E-state index in [0.717, 1.165) is 29.2 Å². The zero-order chi connectivity index (χ0) is 17.1. The molecule has 0 aliphatic heterocycles. The lowest BCUT2D eigenvalue weighted by Crippen LogP contribution is -2.11. The predicted molar refractivity (Wildman–Crippen MR) is 93.1 cm³/mol. The van der Waals surface area contributed by atoms with Crippen molar-refractivity contribution in [1.29, 1.82) is 0 Å². The van der Waals surface area contributed by atoms with Crippen LogP contribution in [-0.4, -0.2) is 25.5 Å². The predicted octanol–water partition coefficient (Wildman–Crippen LogP) is 3.02. The maximum absolute atomic E-state index is 12.3. The third kappa shape index (κ3) is 3.53. The summed E-state index contributed by atoms with van der Waals surface area (Å²) in [6.07, 6.45) is 3.33. The summed E-state index contributed by atoms with van der Waals surface area (Å²) in [5.74, 6) is -0.155. The third-order valence-corrected chi connectivity index (χ3v) is 3.84. The number of anilines is 1. The zero-order valence-electron chi connectivity index (χ0n) is 14.2. The van der Waals surface area contributed by atoms with E-state index in [0.29, 0.717) is 12.1 Å². The van der Waals surface area contributed by atoms with Gasteiger partial charge in [-0.3, -0.25) is 14.2 Å². The molecule has 3 aromatic rings. The molecule has 2 aromatic heterocycles. The standard InChI is InChI=1S/C18H21N5O/c1-4-22-12-16(10-19-22)18(24)20-17-7-5-6-15(9-17)11-23-14(3)8-13(2)21-23/h5-10,12H,4,11H2,1-3H3,(H,20,24). The third-order valence-electron chi connectivity index (χ3n) is 3.84. The van der Waals surface area contributed by atoms with E-state index >= 15 is 0 Å². The molecule has 0 saturated heterocycles. The molecule has 0 spiro atoms. The highest BCUT2D eigenvalue weighted by molar-refractivity contribution is 6.03. The molecule has 124 valence electrons. The van der Waals surface area contributed by atoms with E-state index in [1.165, 1.54) is 0 Å². The van der Waals surface area contributed by atoms with Gasteiger partial charge in [0.1, 0.15) is 0 Å². The van der Waals surface area contributed by atoms with Crippen molar-refractivity contribution in [1.82, 2.24) is 19.6 Å². The number of carbonyl (C=O) groups is 1. The molecule has 2 heterocycles. The average Bonchev–Trinajstić information content (AvgIpc) is 3.14. The lowest BCUT2D eigenvalue weighted by molar-refractivity contribution is 0.102. The maximum Gasteiger partial charge on any atom is 0.258 e. The van der Waals surface area contributed by atoms with E-state index in [1.807, 2.05) is 49.7 Å². The molecule has 1 N–H and O–H groups in total. The number of carbonyl (C=O) groups excluding carboxylic acids is 1. The second kappa shape index (κ2) is 6.70. The van der Waals surface area contributed by atoms with Crippen LogP contribution in [-0.2, 0) is 13.1 Å². The molecule has 0 atom stereocenters. The monoisotopic (exact) mass is 323 g/mol. The van der Waals surface area contributed by atoms with Crippen LogP contribution in [0.25, 0.3) is 0 Å². The molecule has 0 bridgehead atoms.